The van der Waals surface area contributed by atoms with Gasteiger partial charge >= 0.3 is 5.97 Å². The molecule has 0 spiro atoms. The number of sulfone groups is 1. The molecule has 1 rings (SSSR count). The van der Waals surface area contributed by atoms with Crippen LogP contribution in [0.5, 0.6) is 5.75 Å². The van der Waals surface area contributed by atoms with Crippen molar-refractivity contribution < 1.29 is 23.1 Å². The van der Waals surface area contributed by atoms with Gasteiger partial charge in [-0.3, -0.25) is 10.1 Å². The number of aliphatic carboxylic acids is 1. The molecule has 1 atom stereocenters. The van der Waals surface area contributed by atoms with Crippen LogP contribution in [0.4, 0.5) is 0 Å². The second kappa shape index (κ2) is 6.91. The molecule has 0 heterocycles. The predicted molar refractivity (Wildman–Crippen MR) is 79.4 cm³/mol. The van der Waals surface area contributed by atoms with Crippen molar-refractivity contribution in [1.82, 2.24) is 5.32 Å². The maximum Gasteiger partial charge on any atom is 0.327 e. The van der Waals surface area contributed by atoms with Crippen molar-refractivity contribution >= 4 is 15.8 Å². The Kier molecular flexibility index (Phi) is 5.74. The van der Waals surface area contributed by atoms with Crippen molar-refractivity contribution in [2.24, 2.45) is 0 Å². The number of nitrogens with one attached hydrogen (secondary N) is 1. The highest BCUT2D eigenvalue weighted by Gasteiger charge is 2.33. The number of hydrogen-bond donors (Lipinski definition) is 2. The summed E-state index contributed by atoms with van der Waals surface area (Å²) in [5.74, 6) is -0.695. The third-order valence-corrected chi connectivity index (χ3v) is 4.11. The van der Waals surface area contributed by atoms with Gasteiger partial charge in [0.2, 0.25) is 0 Å². The van der Waals surface area contributed by atoms with Gasteiger partial charge in [0.05, 0.1) is 4.90 Å². The summed E-state index contributed by atoms with van der Waals surface area (Å²) in [4.78, 5) is 11.5. The van der Waals surface area contributed by atoms with Crippen LogP contribution in [-0.4, -0.2) is 44.4 Å². The number of ether oxygens (including phenoxy) is 1. The topological polar surface area (TPSA) is 92.7 Å². The minimum Gasteiger partial charge on any atom is -0.491 e. The van der Waals surface area contributed by atoms with E-state index in [2.05, 4.69) is 5.32 Å². The van der Waals surface area contributed by atoms with Gasteiger partial charge in [0.1, 0.15) is 17.9 Å². The van der Waals surface area contributed by atoms with Crippen molar-refractivity contribution in [3.8, 4) is 5.75 Å². The summed E-state index contributed by atoms with van der Waals surface area (Å²) in [6.45, 7) is 3.92. The lowest BCUT2D eigenvalue weighted by molar-refractivity contribution is -0.145. The third-order valence-electron chi connectivity index (χ3n) is 3.00. The molecule has 7 heteroatoms. The highest BCUT2D eigenvalue weighted by Crippen LogP contribution is 2.18. The second-order valence-electron chi connectivity index (χ2n) is 5.10. The third kappa shape index (κ3) is 5.02. The molecule has 0 bridgehead atoms. The zero-order chi connectivity index (χ0) is 16.1. The maximum atomic E-state index is 11.5. The van der Waals surface area contributed by atoms with Crippen LogP contribution in [0.2, 0.25) is 0 Å². The van der Waals surface area contributed by atoms with E-state index in [0.717, 1.165) is 12.7 Å². The lowest BCUT2D eigenvalue weighted by Crippen LogP contribution is -2.54. The summed E-state index contributed by atoms with van der Waals surface area (Å²) in [6.07, 6.45) is 1.91. The Bertz CT molecular complexity index is 599. The van der Waals surface area contributed by atoms with E-state index >= 15 is 0 Å². The van der Waals surface area contributed by atoms with Crippen LogP contribution in [-0.2, 0) is 14.6 Å². The molecule has 6 nitrogen and oxygen atoms in total. The Balaban J connectivity index is 2.84. The van der Waals surface area contributed by atoms with Crippen LogP contribution >= 0.6 is 0 Å². The number of carboxylic acids is 1. The maximum absolute atomic E-state index is 11.5. The molecule has 0 aliphatic heterocycles. The van der Waals surface area contributed by atoms with Crippen molar-refractivity contribution in [3.05, 3.63) is 24.3 Å². The monoisotopic (exact) mass is 315 g/mol. The summed E-state index contributed by atoms with van der Waals surface area (Å²) in [5.41, 5.74) is -1.23. The second-order valence-corrected chi connectivity index (χ2v) is 7.12. The van der Waals surface area contributed by atoms with Crippen molar-refractivity contribution in [2.75, 3.05) is 19.4 Å². The van der Waals surface area contributed by atoms with E-state index in [1.807, 2.05) is 6.92 Å². The summed E-state index contributed by atoms with van der Waals surface area (Å²) in [5, 5.41) is 12.2. The lowest BCUT2D eigenvalue weighted by Gasteiger charge is -2.26. The van der Waals surface area contributed by atoms with E-state index in [0.29, 0.717) is 12.3 Å². The first kappa shape index (κ1) is 17.5. The van der Waals surface area contributed by atoms with Gasteiger partial charge in [0, 0.05) is 6.26 Å². The number of carbonyl (C=O) groups is 1. The Morgan fingerprint density at radius 3 is 2.62 bits per heavy atom. The van der Waals surface area contributed by atoms with Gasteiger partial charge < -0.3 is 9.84 Å². The van der Waals surface area contributed by atoms with E-state index in [1.165, 1.54) is 19.1 Å². The SMILES string of the molecule is CCCNC(C)(COc1cccc(S(C)(=O)=O)c1)C(=O)O. The zero-order valence-corrected chi connectivity index (χ0v) is 13.2. The van der Waals surface area contributed by atoms with E-state index < -0.39 is 21.3 Å². The first-order valence-corrected chi connectivity index (χ1v) is 8.49. The molecule has 1 aromatic rings. The lowest BCUT2D eigenvalue weighted by atomic mass is 10.0. The summed E-state index contributed by atoms with van der Waals surface area (Å²) in [7, 11) is -3.32. The van der Waals surface area contributed by atoms with E-state index in [1.54, 1.807) is 12.1 Å². The molecular formula is C14H21NO5S. The quantitative estimate of drug-likeness (QED) is 0.751. The predicted octanol–water partition coefficient (Wildman–Crippen LogP) is 1.31. The van der Waals surface area contributed by atoms with Crippen LogP contribution in [0, 0.1) is 0 Å². The highest BCUT2D eigenvalue weighted by molar-refractivity contribution is 7.90. The number of hydrogen-bond acceptors (Lipinski definition) is 5. The fourth-order valence-electron chi connectivity index (χ4n) is 1.61. The molecule has 0 fully saturated rings. The minimum absolute atomic E-state index is 0.102. The van der Waals surface area contributed by atoms with E-state index in [9.17, 15) is 18.3 Å². The minimum atomic E-state index is -3.32. The Labute approximate surface area is 125 Å². The number of rotatable bonds is 8. The van der Waals surface area contributed by atoms with E-state index in [4.69, 9.17) is 4.74 Å². The van der Waals surface area contributed by atoms with Gasteiger partial charge in [-0.25, -0.2) is 8.42 Å². The van der Waals surface area contributed by atoms with Gasteiger partial charge in [0.25, 0.3) is 0 Å². The zero-order valence-electron chi connectivity index (χ0n) is 12.4. The molecule has 0 radical (unpaired) electrons. The average molecular weight is 315 g/mol. The molecule has 118 valence electrons. The van der Waals surface area contributed by atoms with Gasteiger partial charge in [-0.1, -0.05) is 13.0 Å². The average Bonchev–Trinajstić information content (AvgIpc) is 2.42. The Morgan fingerprint density at radius 1 is 1.43 bits per heavy atom. The van der Waals surface area contributed by atoms with Crippen LogP contribution in [0.15, 0.2) is 29.2 Å². The molecule has 1 aromatic carbocycles. The molecule has 0 aliphatic carbocycles. The fourth-order valence-corrected chi connectivity index (χ4v) is 2.27. The normalized spacial score (nSPS) is 14.4. The molecule has 0 saturated carbocycles. The van der Waals surface area contributed by atoms with Gasteiger partial charge in [0.15, 0.2) is 9.84 Å². The Hall–Kier alpha value is -1.60. The fraction of sp³-hybridized carbons (Fsp3) is 0.500. The summed E-state index contributed by atoms with van der Waals surface area (Å²) in [6, 6.07) is 6.01. The smallest absolute Gasteiger partial charge is 0.327 e. The Morgan fingerprint density at radius 2 is 2.10 bits per heavy atom. The molecule has 0 aromatic heterocycles. The number of benzene rings is 1. The van der Waals surface area contributed by atoms with Crippen LogP contribution in [0.1, 0.15) is 20.3 Å². The van der Waals surface area contributed by atoms with E-state index in [-0.39, 0.29) is 11.5 Å². The summed E-state index contributed by atoms with van der Waals surface area (Å²) < 4.78 is 28.4. The standard InChI is InChI=1S/C14H21NO5S/c1-4-8-15-14(2,13(16)17)10-20-11-6-5-7-12(9-11)21(3,18)19/h5-7,9,15H,4,8,10H2,1-3H3,(H,16,17). The largest absolute Gasteiger partial charge is 0.491 e. The van der Waals surface area contributed by atoms with Gasteiger partial charge in [-0.2, -0.15) is 0 Å². The molecule has 0 amide bonds. The molecule has 0 aliphatic rings. The van der Waals surface area contributed by atoms with Crippen molar-refractivity contribution in [1.29, 1.82) is 0 Å². The molecule has 21 heavy (non-hydrogen) atoms. The molecule has 1 unspecified atom stereocenters. The molecular weight excluding hydrogens is 294 g/mol. The number of carboxylic acid groups (broad SMARTS) is 1. The molecule has 2 N–H and O–H groups in total. The first-order chi connectivity index (χ1) is 9.69. The molecule has 0 saturated heterocycles. The van der Waals surface area contributed by atoms with Crippen molar-refractivity contribution in [2.45, 2.75) is 30.7 Å². The highest BCUT2D eigenvalue weighted by atomic mass is 32.2. The summed E-state index contributed by atoms with van der Waals surface area (Å²) >= 11 is 0. The van der Waals surface area contributed by atoms with Crippen LogP contribution in [0.25, 0.3) is 0 Å². The van der Waals surface area contributed by atoms with Crippen molar-refractivity contribution in [3.63, 3.8) is 0 Å². The van der Waals surface area contributed by atoms with Crippen LogP contribution < -0.4 is 10.1 Å². The van der Waals surface area contributed by atoms with Gasteiger partial charge in [-0.05, 0) is 38.1 Å². The van der Waals surface area contributed by atoms with Crippen LogP contribution in [0.3, 0.4) is 0 Å². The first-order valence-electron chi connectivity index (χ1n) is 6.60. The van der Waals surface area contributed by atoms with Gasteiger partial charge in [-0.15, -0.1) is 0 Å².